The Morgan fingerprint density at radius 2 is 1.92 bits per heavy atom. The van der Waals surface area contributed by atoms with Crippen molar-refractivity contribution in [1.82, 2.24) is 9.88 Å². The van der Waals surface area contributed by atoms with Gasteiger partial charge in [-0.3, -0.25) is 4.79 Å². The molecule has 0 fully saturated rings. The van der Waals surface area contributed by atoms with E-state index in [-0.39, 0.29) is 5.91 Å². The Morgan fingerprint density at radius 1 is 1.08 bits per heavy atom. The van der Waals surface area contributed by atoms with Crippen molar-refractivity contribution in [3.63, 3.8) is 0 Å². The number of H-pyrrole nitrogens is 1. The van der Waals surface area contributed by atoms with E-state index in [4.69, 9.17) is 23.2 Å². The minimum absolute atomic E-state index is 0.0137. The number of nitrogens with one attached hydrogen (secondary N) is 1. The van der Waals surface area contributed by atoms with Crippen LogP contribution in [0.25, 0.3) is 16.5 Å². The summed E-state index contributed by atoms with van der Waals surface area (Å²) in [7, 11) is 0. The number of fused-ring (bicyclic) bond motifs is 1. The molecular formula is C20H16Cl2N2O. The highest BCUT2D eigenvalue weighted by Crippen LogP contribution is 2.31. The van der Waals surface area contributed by atoms with E-state index < -0.39 is 0 Å². The average Bonchev–Trinajstić information content (AvgIpc) is 3.04. The molecular weight excluding hydrogens is 355 g/mol. The van der Waals surface area contributed by atoms with Gasteiger partial charge in [0.15, 0.2) is 0 Å². The zero-order chi connectivity index (χ0) is 17.4. The first kappa shape index (κ1) is 16.2. The molecule has 126 valence electrons. The summed E-state index contributed by atoms with van der Waals surface area (Å²) in [5.74, 6) is 0.0137. The minimum atomic E-state index is 0.0137. The standard InChI is InChI=1S/C20H16Cl2N2O/c21-15-3-1-2-14(10-15)20(25)24-8-6-13(7-9-24)18-12-23-19-5-4-16(22)11-17(18)19/h1-6,10-12,23H,7-9H2. The van der Waals surface area contributed by atoms with Crippen molar-refractivity contribution in [1.29, 1.82) is 0 Å². The first-order chi connectivity index (χ1) is 12.1. The Labute approximate surface area is 155 Å². The largest absolute Gasteiger partial charge is 0.361 e. The van der Waals surface area contributed by atoms with Crippen LogP contribution < -0.4 is 0 Å². The lowest BCUT2D eigenvalue weighted by atomic mass is 9.98. The molecule has 0 saturated carbocycles. The predicted molar refractivity (Wildman–Crippen MR) is 103 cm³/mol. The quantitative estimate of drug-likeness (QED) is 0.643. The maximum Gasteiger partial charge on any atom is 0.254 e. The molecule has 3 aromatic rings. The van der Waals surface area contributed by atoms with Crippen LogP contribution in [-0.2, 0) is 0 Å². The molecule has 2 aromatic carbocycles. The number of benzene rings is 2. The molecule has 0 radical (unpaired) electrons. The molecule has 5 heteroatoms. The SMILES string of the molecule is O=C(c1cccc(Cl)c1)N1CC=C(c2c[nH]c3ccc(Cl)cc23)CC1. The second kappa shape index (κ2) is 6.58. The summed E-state index contributed by atoms with van der Waals surface area (Å²) in [5, 5.41) is 2.42. The van der Waals surface area contributed by atoms with Gasteiger partial charge in [0.1, 0.15) is 0 Å². The van der Waals surface area contributed by atoms with E-state index in [9.17, 15) is 4.79 Å². The fourth-order valence-corrected chi connectivity index (χ4v) is 3.62. The third-order valence-electron chi connectivity index (χ3n) is 4.56. The van der Waals surface area contributed by atoms with E-state index in [1.165, 1.54) is 5.57 Å². The summed E-state index contributed by atoms with van der Waals surface area (Å²) in [4.78, 5) is 17.7. The highest BCUT2D eigenvalue weighted by molar-refractivity contribution is 6.31. The molecule has 0 aliphatic carbocycles. The van der Waals surface area contributed by atoms with Crippen LogP contribution in [0, 0.1) is 0 Å². The number of nitrogens with zero attached hydrogens (tertiary/aromatic N) is 1. The number of carbonyl (C=O) groups is 1. The number of rotatable bonds is 2. The van der Waals surface area contributed by atoms with E-state index >= 15 is 0 Å². The first-order valence-electron chi connectivity index (χ1n) is 8.13. The molecule has 0 spiro atoms. The van der Waals surface area contributed by atoms with Crippen LogP contribution >= 0.6 is 23.2 Å². The second-order valence-electron chi connectivity index (χ2n) is 6.13. The average molecular weight is 371 g/mol. The van der Waals surface area contributed by atoms with Gasteiger partial charge in [-0.05, 0) is 48.4 Å². The highest BCUT2D eigenvalue weighted by Gasteiger charge is 2.20. The maximum atomic E-state index is 12.6. The number of amides is 1. The molecule has 25 heavy (non-hydrogen) atoms. The van der Waals surface area contributed by atoms with Gasteiger partial charge in [0.05, 0.1) is 0 Å². The summed E-state index contributed by atoms with van der Waals surface area (Å²) >= 11 is 12.1. The Morgan fingerprint density at radius 3 is 2.68 bits per heavy atom. The van der Waals surface area contributed by atoms with Gasteiger partial charge < -0.3 is 9.88 Å². The zero-order valence-electron chi connectivity index (χ0n) is 13.4. The smallest absolute Gasteiger partial charge is 0.254 e. The van der Waals surface area contributed by atoms with Gasteiger partial charge in [0.25, 0.3) is 5.91 Å². The van der Waals surface area contributed by atoms with Crippen molar-refractivity contribution in [2.75, 3.05) is 13.1 Å². The molecule has 0 bridgehead atoms. The Kier molecular flexibility index (Phi) is 4.28. The van der Waals surface area contributed by atoms with Crippen LogP contribution in [-0.4, -0.2) is 28.9 Å². The first-order valence-corrected chi connectivity index (χ1v) is 8.88. The van der Waals surface area contributed by atoms with E-state index in [0.717, 1.165) is 27.9 Å². The molecule has 1 aliphatic heterocycles. The lowest BCUT2D eigenvalue weighted by molar-refractivity contribution is 0.0773. The molecule has 2 heterocycles. The van der Waals surface area contributed by atoms with E-state index in [0.29, 0.717) is 23.7 Å². The number of aromatic nitrogens is 1. The van der Waals surface area contributed by atoms with Crippen LogP contribution in [0.1, 0.15) is 22.3 Å². The minimum Gasteiger partial charge on any atom is -0.361 e. The van der Waals surface area contributed by atoms with Crippen LogP contribution in [0.5, 0.6) is 0 Å². The predicted octanol–water partition coefficient (Wildman–Crippen LogP) is 5.40. The van der Waals surface area contributed by atoms with Crippen molar-refractivity contribution >= 4 is 45.6 Å². The van der Waals surface area contributed by atoms with Crippen LogP contribution in [0.4, 0.5) is 0 Å². The maximum absolute atomic E-state index is 12.6. The zero-order valence-corrected chi connectivity index (χ0v) is 14.9. The summed E-state index contributed by atoms with van der Waals surface area (Å²) < 4.78 is 0. The molecule has 4 rings (SSSR count). The third kappa shape index (κ3) is 3.17. The number of hydrogen-bond acceptors (Lipinski definition) is 1. The van der Waals surface area contributed by atoms with Gasteiger partial charge in [0, 0.05) is 51.4 Å². The Bertz CT molecular complexity index is 990. The Hall–Kier alpha value is -2.23. The van der Waals surface area contributed by atoms with Crippen molar-refractivity contribution in [2.45, 2.75) is 6.42 Å². The molecule has 0 atom stereocenters. The van der Waals surface area contributed by atoms with Gasteiger partial charge in [-0.2, -0.15) is 0 Å². The molecule has 0 unspecified atom stereocenters. The topological polar surface area (TPSA) is 36.1 Å². The van der Waals surface area contributed by atoms with Crippen molar-refractivity contribution in [3.05, 3.63) is 75.9 Å². The van der Waals surface area contributed by atoms with Gasteiger partial charge in [-0.25, -0.2) is 0 Å². The van der Waals surface area contributed by atoms with Gasteiger partial charge in [-0.1, -0.05) is 35.3 Å². The molecule has 1 aliphatic rings. The normalized spacial score (nSPS) is 14.6. The molecule has 1 aromatic heterocycles. The number of halogens is 2. The monoisotopic (exact) mass is 370 g/mol. The second-order valence-corrected chi connectivity index (χ2v) is 7.01. The molecule has 0 saturated heterocycles. The van der Waals surface area contributed by atoms with E-state index in [2.05, 4.69) is 11.1 Å². The van der Waals surface area contributed by atoms with Crippen molar-refractivity contribution in [3.8, 4) is 0 Å². The summed E-state index contributed by atoms with van der Waals surface area (Å²) in [5.41, 5.74) is 4.09. The fraction of sp³-hybridized carbons (Fsp3) is 0.150. The van der Waals surface area contributed by atoms with Crippen LogP contribution in [0.3, 0.4) is 0 Å². The van der Waals surface area contributed by atoms with Crippen molar-refractivity contribution in [2.24, 2.45) is 0 Å². The van der Waals surface area contributed by atoms with Gasteiger partial charge in [-0.15, -0.1) is 0 Å². The Balaban J connectivity index is 1.57. The van der Waals surface area contributed by atoms with Crippen LogP contribution in [0.2, 0.25) is 10.0 Å². The lowest BCUT2D eigenvalue weighted by Crippen LogP contribution is -2.34. The molecule has 1 N–H and O–H groups in total. The number of hydrogen-bond donors (Lipinski definition) is 1. The van der Waals surface area contributed by atoms with E-state index in [1.807, 2.05) is 29.3 Å². The lowest BCUT2D eigenvalue weighted by Gasteiger charge is -2.26. The summed E-state index contributed by atoms with van der Waals surface area (Å²) in [6.45, 7) is 1.28. The summed E-state index contributed by atoms with van der Waals surface area (Å²) in [6, 6.07) is 12.9. The third-order valence-corrected chi connectivity index (χ3v) is 5.03. The number of carbonyl (C=O) groups excluding carboxylic acids is 1. The molecule has 3 nitrogen and oxygen atoms in total. The number of aromatic amines is 1. The van der Waals surface area contributed by atoms with Crippen LogP contribution in [0.15, 0.2) is 54.7 Å². The van der Waals surface area contributed by atoms with Gasteiger partial charge >= 0.3 is 0 Å². The van der Waals surface area contributed by atoms with Gasteiger partial charge in [0.2, 0.25) is 0 Å². The van der Waals surface area contributed by atoms with E-state index in [1.54, 1.807) is 24.3 Å². The van der Waals surface area contributed by atoms with Crippen molar-refractivity contribution < 1.29 is 4.79 Å². The fourth-order valence-electron chi connectivity index (χ4n) is 3.26. The summed E-state index contributed by atoms with van der Waals surface area (Å²) in [6.07, 6.45) is 4.95. The molecule has 1 amide bonds. The highest BCUT2D eigenvalue weighted by atomic mass is 35.5.